The Morgan fingerprint density at radius 1 is 0.407 bits per heavy atom. The van der Waals surface area contributed by atoms with Gasteiger partial charge in [0.25, 0.3) is 0 Å². The Balaban J connectivity index is 1.08. The molecule has 0 fully saturated rings. The Morgan fingerprint density at radius 2 is 0.963 bits per heavy atom. The third kappa shape index (κ3) is 3.91. The van der Waals surface area contributed by atoms with E-state index >= 15 is 4.57 Å². The molecule has 0 saturated heterocycles. The highest BCUT2D eigenvalue weighted by Gasteiger charge is 2.47. The van der Waals surface area contributed by atoms with Crippen molar-refractivity contribution in [2.75, 3.05) is 0 Å². The quantitative estimate of drug-likeness (QED) is 0.171. The maximum atomic E-state index is 16.1. The monoisotopic (exact) mass is 712 g/mol. The lowest BCUT2D eigenvalue weighted by Crippen LogP contribution is -2.35. The lowest BCUT2D eigenvalue weighted by atomic mass is 10.0. The molecular weight excluding hydrogens is 684 g/mol. The van der Waals surface area contributed by atoms with Crippen molar-refractivity contribution >= 4 is 66.7 Å². The molecule has 254 valence electrons. The van der Waals surface area contributed by atoms with E-state index in [1.807, 2.05) is 60.7 Å². The van der Waals surface area contributed by atoms with Gasteiger partial charge in [-0.2, -0.15) is 0 Å². The number of ether oxygens (including phenoxy) is 2. The Hall–Kier alpha value is -6.81. The zero-order chi connectivity index (χ0) is 35.5. The fourth-order valence-corrected chi connectivity index (χ4v) is 11.9. The van der Waals surface area contributed by atoms with E-state index in [1.165, 1.54) is 21.8 Å². The minimum absolute atomic E-state index is 0.552. The Bertz CT molecular complexity index is 3200. The van der Waals surface area contributed by atoms with Crippen LogP contribution in [0.5, 0.6) is 23.0 Å². The standard InChI is InChI=1S/C48H29N2O3P/c51-54-44-21-11-10-20-41(44)52-42-28-31(30-22-24-33(25-23-30)49-38-17-7-4-14-34(38)35-15-5-8-18-39(35)49)29-43(48(42)54)53-47-45(54)27-26-37-36-16-6-9-19-40(36)50(46(37)47)32-12-2-1-3-13-32/h1-29H. The average Bonchev–Trinajstić information content (AvgIpc) is 3.75. The lowest BCUT2D eigenvalue weighted by Gasteiger charge is -2.35. The minimum Gasteiger partial charge on any atom is -0.456 e. The number of para-hydroxylation sites is 5. The third-order valence-corrected chi connectivity index (χ3v) is 14.3. The topological polar surface area (TPSA) is 45.4 Å². The predicted molar refractivity (Wildman–Crippen MR) is 220 cm³/mol. The minimum atomic E-state index is -3.44. The maximum absolute atomic E-state index is 16.1. The van der Waals surface area contributed by atoms with E-state index < -0.39 is 7.14 Å². The summed E-state index contributed by atoms with van der Waals surface area (Å²) < 4.78 is 34.4. The highest BCUT2D eigenvalue weighted by atomic mass is 31.2. The van der Waals surface area contributed by atoms with Crippen LogP contribution in [0.1, 0.15) is 0 Å². The molecule has 0 amide bonds. The van der Waals surface area contributed by atoms with Crippen molar-refractivity contribution in [3.05, 3.63) is 176 Å². The second-order valence-corrected chi connectivity index (χ2v) is 16.6. The van der Waals surface area contributed by atoms with Crippen LogP contribution in [0.15, 0.2) is 176 Å². The first-order valence-corrected chi connectivity index (χ1v) is 19.8. The zero-order valence-corrected chi connectivity index (χ0v) is 29.7. The molecular formula is C48H29N2O3P. The van der Waals surface area contributed by atoms with E-state index in [1.54, 1.807) is 0 Å². The van der Waals surface area contributed by atoms with Crippen molar-refractivity contribution in [2.24, 2.45) is 0 Å². The van der Waals surface area contributed by atoms with Gasteiger partial charge in [-0.3, -0.25) is 0 Å². The molecule has 1 atom stereocenters. The van der Waals surface area contributed by atoms with Crippen LogP contribution >= 0.6 is 7.14 Å². The lowest BCUT2D eigenvalue weighted by molar-refractivity contribution is 0.464. The van der Waals surface area contributed by atoms with Crippen molar-refractivity contribution < 1.29 is 14.0 Å². The van der Waals surface area contributed by atoms with Crippen LogP contribution in [0.2, 0.25) is 0 Å². The Morgan fingerprint density at radius 3 is 1.67 bits per heavy atom. The summed E-state index contributed by atoms with van der Waals surface area (Å²) in [5.41, 5.74) is 8.29. The van der Waals surface area contributed by atoms with Crippen molar-refractivity contribution in [1.29, 1.82) is 0 Å². The molecule has 0 aliphatic carbocycles. The summed E-state index contributed by atoms with van der Waals surface area (Å²) in [6, 6.07) is 60.3. The van der Waals surface area contributed by atoms with Gasteiger partial charge in [-0.25, -0.2) is 0 Å². The molecule has 0 saturated carbocycles. The largest absolute Gasteiger partial charge is 0.456 e. The number of benzene rings is 8. The molecule has 10 aromatic rings. The molecule has 1 unspecified atom stereocenters. The highest BCUT2D eigenvalue weighted by Crippen LogP contribution is 2.60. The van der Waals surface area contributed by atoms with E-state index in [-0.39, 0.29) is 0 Å². The highest BCUT2D eigenvalue weighted by molar-refractivity contribution is 7.86. The SMILES string of the molecule is O=P12c3ccccc3Oc3cc(-c4ccc(-n5c6ccccc6c6ccccc65)cc4)cc(c31)Oc1c2ccc2c3ccccc3n(-c3ccccc3)c12. The van der Waals surface area contributed by atoms with Crippen LogP contribution in [0.3, 0.4) is 0 Å². The van der Waals surface area contributed by atoms with Crippen LogP contribution in [0, 0.1) is 0 Å². The molecule has 5 nitrogen and oxygen atoms in total. The van der Waals surface area contributed by atoms with Crippen LogP contribution in [-0.2, 0) is 4.57 Å². The second-order valence-electron chi connectivity index (χ2n) is 14.0. The van der Waals surface area contributed by atoms with Gasteiger partial charge in [0.15, 0.2) is 12.9 Å². The summed E-state index contributed by atoms with van der Waals surface area (Å²) in [5.74, 6) is 2.33. The maximum Gasteiger partial charge on any atom is 0.185 e. The second kappa shape index (κ2) is 10.9. The van der Waals surface area contributed by atoms with Gasteiger partial charge in [0.1, 0.15) is 22.6 Å². The smallest absolute Gasteiger partial charge is 0.185 e. The number of fused-ring (bicyclic) bond motifs is 11. The molecule has 0 bridgehead atoms. The first kappa shape index (κ1) is 29.7. The van der Waals surface area contributed by atoms with E-state index in [0.29, 0.717) is 38.9 Å². The predicted octanol–water partition coefficient (Wildman–Crippen LogP) is 11.4. The molecule has 4 heterocycles. The normalized spacial score (nSPS) is 15.5. The van der Waals surface area contributed by atoms with Gasteiger partial charge in [0, 0.05) is 32.9 Å². The van der Waals surface area contributed by atoms with E-state index in [9.17, 15) is 0 Å². The van der Waals surface area contributed by atoms with Crippen molar-refractivity contribution in [3.63, 3.8) is 0 Å². The van der Waals surface area contributed by atoms with Gasteiger partial charge in [-0.05, 0) is 83.9 Å². The summed E-state index contributed by atoms with van der Waals surface area (Å²) in [5, 5.41) is 6.59. The van der Waals surface area contributed by atoms with Crippen LogP contribution in [0.25, 0.3) is 66.1 Å². The Kier molecular flexibility index (Phi) is 5.98. The van der Waals surface area contributed by atoms with Crippen LogP contribution in [0.4, 0.5) is 0 Å². The van der Waals surface area contributed by atoms with Crippen molar-refractivity contribution in [2.45, 2.75) is 0 Å². The Labute approximate surface area is 310 Å². The van der Waals surface area contributed by atoms with Gasteiger partial charge in [0.05, 0.1) is 32.7 Å². The molecule has 2 aliphatic rings. The number of hydrogen-bond donors (Lipinski definition) is 0. The molecule has 8 aromatic carbocycles. The first-order chi connectivity index (χ1) is 26.7. The molecule has 12 rings (SSSR count). The number of nitrogens with zero attached hydrogens (tertiary/aromatic N) is 2. The molecule has 2 aromatic heterocycles. The summed E-state index contributed by atoms with van der Waals surface area (Å²) in [4.78, 5) is 0. The molecule has 0 N–H and O–H groups in total. The van der Waals surface area contributed by atoms with E-state index in [0.717, 1.165) is 44.3 Å². The van der Waals surface area contributed by atoms with Gasteiger partial charge in [0.2, 0.25) is 0 Å². The summed E-state index contributed by atoms with van der Waals surface area (Å²) >= 11 is 0. The summed E-state index contributed by atoms with van der Waals surface area (Å²) in [7, 11) is -3.44. The van der Waals surface area contributed by atoms with E-state index in [4.69, 9.17) is 9.47 Å². The van der Waals surface area contributed by atoms with E-state index in [2.05, 4.69) is 124 Å². The van der Waals surface area contributed by atoms with Crippen LogP contribution in [-0.4, -0.2) is 9.13 Å². The third-order valence-electron chi connectivity index (χ3n) is 11.2. The van der Waals surface area contributed by atoms with Gasteiger partial charge >= 0.3 is 0 Å². The molecule has 54 heavy (non-hydrogen) atoms. The molecule has 2 aliphatic heterocycles. The fraction of sp³-hybridized carbons (Fsp3) is 0. The number of hydrogen-bond acceptors (Lipinski definition) is 3. The number of aromatic nitrogens is 2. The molecule has 6 heteroatoms. The van der Waals surface area contributed by atoms with Gasteiger partial charge in [-0.15, -0.1) is 0 Å². The van der Waals surface area contributed by atoms with Gasteiger partial charge < -0.3 is 23.2 Å². The molecule has 0 spiro atoms. The number of rotatable bonds is 3. The molecule has 0 radical (unpaired) electrons. The zero-order valence-electron chi connectivity index (χ0n) is 28.8. The average molecular weight is 713 g/mol. The first-order valence-electron chi connectivity index (χ1n) is 18.1. The van der Waals surface area contributed by atoms with Gasteiger partial charge in [-0.1, -0.05) is 103 Å². The fourth-order valence-electron chi connectivity index (χ4n) is 8.83. The summed E-state index contributed by atoms with van der Waals surface area (Å²) in [6.07, 6.45) is 0. The van der Waals surface area contributed by atoms with Crippen molar-refractivity contribution in [1.82, 2.24) is 9.13 Å². The van der Waals surface area contributed by atoms with Crippen molar-refractivity contribution in [3.8, 4) is 45.5 Å². The van der Waals surface area contributed by atoms with Crippen LogP contribution < -0.4 is 25.4 Å². The summed E-state index contributed by atoms with van der Waals surface area (Å²) in [6.45, 7) is 0.